The molecule has 118 valence electrons. The molecule has 2 aromatic carbocycles. The van der Waals surface area contributed by atoms with Crippen LogP contribution in [0, 0.1) is 0 Å². The summed E-state index contributed by atoms with van der Waals surface area (Å²) in [7, 11) is -3.50. The van der Waals surface area contributed by atoms with Crippen LogP contribution in [0.2, 0.25) is 0 Å². The van der Waals surface area contributed by atoms with Crippen molar-refractivity contribution in [2.24, 2.45) is 5.14 Å². The number of hydrogen-bond acceptors (Lipinski definition) is 4. The van der Waals surface area contributed by atoms with E-state index in [1.54, 1.807) is 42.5 Å². The van der Waals surface area contributed by atoms with Crippen molar-refractivity contribution in [3.05, 3.63) is 78.5 Å². The van der Waals surface area contributed by atoms with Gasteiger partial charge in [-0.1, -0.05) is 36.9 Å². The van der Waals surface area contributed by atoms with Gasteiger partial charge in [-0.25, -0.2) is 18.5 Å². The summed E-state index contributed by atoms with van der Waals surface area (Å²) in [5.41, 5.74) is 0.903. The Morgan fingerprint density at radius 3 is 1.65 bits per heavy atom. The maximum atomic E-state index is 11.5. The fraction of sp³-hybridized carbons (Fsp3) is 0. The van der Waals surface area contributed by atoms with E-state index in [1.165, 1.54) is 18.3 Å². The number of carbonyl (C=O) groups is 2. The zero-order valence-electron chi connectivity index (χ0n) is 12.0. The van der Waals surface area contributed by atoms with Crippen molar-refractivity contribution in [3.63, 3.8) is 0 Å². The summed E-state index contributed by atoms with van der Waals surface area (Å²) in [4.78, 5) is 24.1. The number of nitrogens with two attached hydrogens (primary N) is 1. The standard InChI is InChI=1S/C10H7NO2.C6H7NO2S/c1-2-11-9(12)7-5-3-4-6-8(7)10(11)13;7-10(8,9)6-4-2-1-3-5-6/h2-6H,1H2;1-5H,(H2,7,8,9). The summed E-state index contributed by atoms with van der Waals surface area (Å²) in [6, 6.07) is 14.6. The van der Waals surface area contributed by atoms with E-state index in [2.05, 4.69) is 6.58 Å². The molecule has 0 aliphatic carbocycles. The van der Waals surface area contributed by atoms with E-state index in [9.17, 15) is 18.0 Å². The maximum absolute atomic E-state index is 11.5. The molecule has 2 amide bonds. The number of primary sulfonamides is 1. The highest BCUT2D eigenvalue weighted by Gasteiger charge is 2.32. The summed E-state index contributed by atoms with van der Waals surface area (Å²) in [5.74, 6) is -0.591. The first-order chi connectivity index (χ1) is 10.9. The summed E-state index contributed by atoms with van der Waals surface area (Å²) < 4.78 is 21.2. The van der Waals surface area contributed by atoms with Gasteiger partial charge in [0.05, 0.1) is 16.0 Å². The number of fused-ring (bicyclic) bond motifs is 1. The highest BCUT2D eigenvalue weighted by Crippen LogP contribution is 2.21. The summed E-state index contributed by atoms with van der Waals surface area (Å²) in [6.45, 7) is 3.41. The minimum absolute atomic E-state index is 0.148. The lowest BCUT2D eigenvalue weighted by Crippen LogP contribution is -2.22. The Hall–Kier alpha value is -2.77. The van der Waals surface area contributed by atoms with Crippen LogP contribution in [0.5, 0.6) is 0 Å². The van der Waals surface area contributed by atoms with Crippen molar-refractivity contribution in [2.75, 3.05) is 0 Å². The largest absolute Gasteiger partial charge is 0.268 e. The second-order valence-corrected chi connectivity index (χ2v) is 6.13. The lowest BCUT2D eigenvalue weighted by Gasteiger charge is -2.04. The van der Waals surface area contributed by atoms with Crippen LogP contribution in [0.25, 0.3) is 0 Å². The van der Waals surface area contributed by atoms with E-state index < -0.39 is 10.0 Å². The van der Waals surface area contributed by atoms with Crippen LogP contribution in [-0.4, -0.2) is 25.1 Å². The molecule has 6 nitrogen and oxygen atoms in total. The molecule has 2 N–H and O–H groups in total. The van der Waals surface area contributed by atoms with Crippen molar-refractivity contribution < 1.29 is 18.0 Å². The predicted octanol–water partition coefficient (Wildman–Crippen LogP) is 1.76. The molecule has 7 heteroatoms. The highest BCUT2D eigenvalue weighted by atomic mass is 32.2. The van der Waals surface area contributed by atoms with Gasteiger partial charge in [0.15, 0.2) is 0 Å². The predicted molar refractivity (Wildman–Crippen MR) is 85.0 cm³/mol. The number of sulfonamides is 1. The molecule has 23 heavy (non-hydrogen) atoms. The molecule has 0 saturated heterocycles. The molecule has 0 aromatic heterocycles. The third kappa shape index (κ3) is 3.53. The Bertz CT molecular complexity index is 826. The smallest absolute Gasteiger partial charge is 0.265 e. The normalized spacial score (nSPS) is 13.2. The molecule has 0 saturated carbocycles. The molecule has 1 aliphatic heterocycles. The first-order valence-corrected chi connectivity index (χ1v) is 8.08. The Labute approximate surface area is 133 Å². The Morgan fingerprint density at radius 1 is 0.870 bits per heavy atom. The molecular weight excluding hydrogens is 316 g/mol. The minimum atomic E-state index is -3.50. The second kappa shape index (κ2) is 6.55. The minimum Gasteiger partial charge on any atom is -0.268 e. The number of amides is 2. The number of benzene rings is 2. The van der Waals surface area contributed by atoms with Gasteiger partial charge in [-0.2, -0.15) is 0 Å². The van der Waals surface area contributed by atoms with E-state index in [0.29, 0.717) is 11.1 Å². The van der Waals surface area contributed by atoms with Gasteiger partial charge in [-0.3, -0.25) is 9.59 Å². The lowest BCUT2D eigenvalue weighted by atomic mass is 10.1. The number of carbonyl (C=O) groups excluding carboxylic acids is 2. The topological polar surface area (TPSA) is 97.5 Å². The zero-order chi connectivity index (χ0) is 17.0. The molecule has 1 heterocycles. The molecule has 3 rings (SSSR count). The van der Waals surface area contributed by atoms with Gasteiger partial charge in [-0.15, -0.1) is 0 Å². The van der Waals surface area contributed by atoms with E-state index in [-0.39, 0.29) is 16.7 Å². The fourth-order valence-corrected chi connectivity index (χ4v) is 2.52. The third-order valence-electron chi connectivity index (χ3n) is 3.08. The Morgan fingerprint density at radius 2 is 1.30 bits per heavy atom. The van der Waals surface area contributed by atoms with Crippen LogP contribution in [-0.2, 0) is 10.0 Å². The van der Waals surface area contributed by atoms with Crippen molar-refractivity contribution in [3.8, 4) is 0 Å². The van der Waals surface area contributed by atoms with Gasteiger partial charge in [-0.05, 0) is 24.3 Å². The molecule has 0 unspecified atom stereocenters. The van der Waals surface area contributed by atoms with Gasteiger partial charge in [0.1, 0.15) is 0 Å². The molecule has 0 atom stereocenters. The zero-order valence-corrected chi connectivity index (χ0v) is 12.9. The molecule has 0 radical (unpaired) electrons. The molecule has 1 aliphatic rings. The Balaban J connectivity index is 0.000000174. The van der Waals surface area contributed by atoms with Gasteiger partial charge in [0.2, 0.25) is 10.0 Å². The first-order valence-electron chi connectivity index (χ1n) is 6.53. The van der Waals surface area contributed by atoms with Crippen LogP contribution in [0.3, 0.4) is 0 Å². The number of hydrogen-bond donors (Lipinski definition) is 1. The van der Waals surface area contributed by atoms with Crippen LogP contribution in [0.4, 0.5) is 0 Å². The SMILES string of the molecule is C=CN1C(=O)c2ccccc2C1=O.NS(=O)(=O)c1ccccc1. The second-order valence-electron chi connectivity index (χ2n) is 4.57. The Kier molecular flexibility index (Phi) is 4.73. The van der Waals surface area contributed by atoms with Gasteiger partial charge in [0.25, 0.3) is 11.8 Å². The molecule has 2 aromatic rings. The van der Waals surface area contributed by atoms with E-state index in [4.69, 9.17) is 5.14 Å². The summed E-state index contributed by atoms with van der Waals surface area (Å²) in [6.07, 6.45) is 1.24. The maximum Gasteiger partial charge on any atom is 0.265 e. The summed E-state index contributed by atoms with van der Waals surface area (Å²) >= 11 is 0. The average Bonchev–Trinajstić information content (AvgIpc) is 2.79. The van der Waals surface area contributed by atoms with Crippen LogP contribution >= 0.6 is 0 Å². The van der Waals surface area contributed by atoms with E-state index >= 15 is 0 Å². The number of imide groups is 1. The van der Waals surface area contributed by atoms with Crippen LogP contribution in [0.15, 0.2) is 72.3 Å². The van der Waals surface area contributed by atoms with E-state index in [0.717, 1.165) is 4.90 Å². The molecule has 0 spiro atoms. The third-order valence-corrected chi connectivity index (χ3v) is 4.01. The van der Waals surface area contributed by atoms with Crippen LogP contribution in [0.1, 0.15) is 20.7 Å². The number of nitrogens with zero attached hydrogens (tertiary/aromatic N) is 1. The van der Waals surface area contributed by atoms with Crippen molar-refractivity contribution in [1.82, 2.24) is 4.90 Å². The van der Waals surface area contributed by atoms with Crippen LogP contribution < -0.4 is 5.14 Å². The molecule has 0 bridgehead atoms. The monoisotopic (exact) mass is 330 g/mol. The van der Waals surface area contributed by atoms with Gasteiger partial charge in [0, 0.05) is 6.20 Å². The molecular formula is C16H14N2O4S. The van der Waals surface area contributed by atoms with Crippen molar-refractivity contribution in [1.29, 1.82) is 0 Å². The number of rotatable bonds is 2. The summed E-state index contributed by atoms with van der Waals surface area (Å²) in [5, 5.41) is 4.83. The lowest BCUT2D eigenvalue weighted by molar-refractivity contribution is 0.0722. The highest BCUT2D eigenvalue weighted by molar-refractivity contribution is 7.89. The van der Waals surface area contributed by atoms with Crippen molar-refractivity contribution in [2.45, 2.75) is 4.90 Å². The van der Waals surface area contributed by atoms with Crippen molar-refractivity contribution >= 4 is 21.8 Å². The molecule has 0 fully saturated rings. The first kappa shape index (κ1) is 16.6. The van der Waals surface area contributed by atoms with Gasteiger partial charge < -0.3 is 0 Å². The quantitative estimate of drug-likeness (QED) is 0.848. The average molecular weight is 330 g/mol. The van der Waals surface area contributed by atoms with E-state index in [1.807, 2.05) is 0 Å². The van der Waals surface area contributed by atoms with Gasteiger partial charge >= 0.3 is 0 Å². The fourth-order valence-electron chi connectivity index (χ4n) is 1.98.